The molecule has 0 unspecified atom stereocenters. The van der Waals surface area contributed by atoms with Gasteiger partial charge in [-0.15, -0.1) is 11.3 Å². The van der Waals surface area contributed by atoms with Crippen molar-refractivity contribution < 1.29 is 9.90 Å². The molecule has 2 heterocycles. The van der Waals surface area contributed by atoms with Crippen LogP contribution in [0.2, 0.25) is 0 Å². The molecule has 0 spiro atoms. The van der Waals surface area contributed by atoms with Gasteiger partial charge in [0.2, 0.25) is 5.91 Å². The number of likely N-dealkylation sites (tertiary alicyclic amines) is 1. The van der Waals surface area contributed by atoms with E-state index >= 15 is 0 Å². The third-order valence-electron chi connectivity index (χ3n) is 4.65. The Morgan fingerprint density at radius 2 is 1.91 bits per heavy atom. The monoisotopic (exact) mass is 329 g/mol. The predicted molar refractivity (Wildman–Crippen MR) is 93.3 cm³/mol. The maximum absolute atomic E-state index is 12.3. The standard InChI is InChI=1S/C19H23NO2S/c21-18(9-8-17-7-4-14-23-17)20-12-10-16(11-13-20)19(22)15-5-2-1-3-6-15/h1-7,14,16,19,22H,8-13H2/t19-/m0/s1. The smallest absolute Gasteiger partial charge is 0.222 e. The Morgan fingerprint density at radius 1 is 1.17 bits per heavy atom. The number of hydrogen-bond acceptors (Lipinski definition) is 3. The van der Waals surface area contributed by atoms with Crippen LogP contribution in [0.15, 0.2) is 47.8 Å². The van der Waals surface area contributed by atoms with Crippen LogP contribution in [0.1, 0.15) is 35.8 Å². The van der Waals surface area contributed by atoms with Crippen molar-refractivity contribution in [2.75, 3.05) is 13.1 Å². The molecule has 1 aliphatic rings. The number of benzene rings is 1. The number of aryl methyl sites for hydroxylation is 1. The van der Waals surface area contributed by atoms with Crippen LogP contribution >= 0.6 is 11.3 Å². The second-order valence-electron chi connectivity index (χ2n) is 6.15. The highest BCUT2D eigenvalue weighted by Crippen LogP contribution is 2.30. The van der Waals surface area contributed by atoms with E-state index < -0.39 is 6.10 Å². The first-order chi connectivity index (χ1) is 11.2. The van der Waals surface area contributed by atoms with Gasteiger partial charge in [0.25, 0.3) is 0 Å². The van der Waals surface area contributed by atoms with Crippen LogP contribution in [-0.2, 0) is 11.2 Å². The SMILES string of the molecule is O=C(CCc1cccs1)N1CCC([C@@H](O)c2ccccc2)CC1. The van der Waals surface area contributed by atoms with Gasteiger partial charge in [-0.1, -0.05) is 36.4 Å². The highest BCUT2D eigenvalue weighted by Gasteiger charge is 2.27. The van der Waals surface area contributed by atoms with Crippen LogP contribution in [0.3, 0.4) is 0 Å². The van der Waals surface area contributed by atoms with E-state index in [1.807, 2.05) is 41.3 Å². The van der Waals surface area contributed by atoms with Crippen LogP contribution in [-0.4, -0.2) is 29.0 Å². The zero-order valence-electron chi connectivity index (χ0n) is 13.2. The van der Waals surface area contributed by atoms with Crippen molar-refractivity contribution in [2.45, 2.75) is 31.8 Å². The first-order valence-corrected chi connectivity index (χ1v) is 9.15. The maximum atomic E-state index is 12.3. The quantitative estimate of drug-likeness (QED) is 0.909. The van der Waals surface area contributed by atoms with Gasteiger partial charge >= 0.3 is 0 Å². The number of amides is 1. The average Bonchev–Trinajstić information content (AvgIpc) is 3.13. The molecule has 3 rings (SSSR count). The Balaban J connectivity index is 1.47. The minimum Gasteiger partial charge on any atom is -0.388 e. The van der Waals surface area contributed by atoms with Crippen molar-refractivity contribution in [3.8, 4) is 0 Å². The van der Waals surface area contributed by atoms with E-state index in [0.29, 0.717) is 6.42 Å². The molecule has 4 heteroatoms. The van der Waals surface area contributed by atoms with Crippen molar-refractivity contribution in [2.24, 2.45) is 5.92 Å². The summed E-state index contributed by atoms with van der Waals surface area (Å²) in [5.41, 5.74) is 0.981. The average molecular weight is 329 g/mol. The van der Waals surface area contributed by atoms with Crippen LogP contribution in [0.4, 0.5) is 0 Å². The van der Waals surface area contributed by atoms with Gasteiger partial charge in [0, 0.05) is 24.4 Å². The number of carbonyl (C=O) groups is 1. The zero-order chi connectivity index (χ0) is 16.1. The molecule has 0 bridgehead atoms. The lowest BCUT2D eigenvalue weighted by Gasteiger charge is -2.34. The van der Waals surface area contributed by atoms with Crippen LogP contribution < -0.4 is 0 Å². The van der Waals surface area contributed by atoms with E-state index in [-0.39, 0.29) is 11.8 Å². The summed E-state index contributed by atoms with van der Waals surface area (Å²) in [5.74, 6) is 0.491. The summed E-state index contributed by atoms with van der Waals surface area (Å²) in [6.45, 7) is 1.52. The fourth-order valence-corrected chi connectivity index (χ4v) is 3.94. The molecule has 1 aliphatic heterocycles. The molecule has 1 atom stereocenters. The van der Waals surface area contributed by atoms with E-state index in [2.05, 4.69) is 11.4 Å². The Morgan fingerprint density at radius 3 is 2.57 bits per heavy atom. The Labute approximate surface area is 141 Å². The Kier molecular flexibility index (Phi) is 5.47. The van der Waals surface area contributed by atoms with E-state index in [4.69, 9.17) is 0 Å². The largest absolute Gasteiger partial charge is 0.388 e. The molecule has 122 valence electrons. The van der Waals surface area contributed by atoms with Gasteiger partial charge in [0.15, 0.2) is 0 Å². The molecule has 3 nitrogen and oxygen atoms in total. The van der Waals surface area contributed by atoms with Gasteiger partial charge in [-0.25, -0.2) is 0 Å². The molecule has 1 aromatic heterocycles. The molecule has 23 heavy (non-hydrogen) atoms. The number of aliphatic hydroxyl groups excluding tert-OH is 1. The summed E-state index contributed by atoms with van der Waals surface area (Å²) in [7, 11) is 0. The molecule has 0 aliphatic carbocycles. The van der Waals surface area contributed by atoms with Crippen molar-refractivity contribution in [3.63, 3.8) is 0 Å². The highest BCUT2D eigenvalue weighted by atomic mass is 32.1. The molecule has 1 saturated heterocycles. The first kappa shape index (κ1) is 16.2. The molecule has 1 aromatic carbocycles. The normalized spacial score (nSPS) is 17.2. The number of carbonyl (C=O) groups excluding carboxylic acids is 1. The van der Waals surface area contributed by atoms with Crippen LogP contribution in [0, 0.1) is 5.92 Å². The molecular formula is C19H23NO2S. The summed E-state index contributed by atoms with van der Waals surface area (Å²) in [6, 6.07) is 13.9. The van der Waals surface area contributed by atoms with Gasteiger partial charge in [0.1, 0.15) is 0 Å². The summed E-state index contributed by atoms with van der Waals surface area (Å²) in [5, 5.41) is 12.5. The first-order valence-electron chi connectivity index (χ1n) is 8.27. The van der Waals surface area contributed by atoms with Gasteiger partial charge in [0.05, 0.1) is 6.10 Å². The predicted octanol–water partition coefficient (Wildman–Crippen LogP) is 3.65. The van der Waals surface area contributed by atoms with Crippen molar-refractivity contribution in [1.29, 1.82) is 0 Å². The zero-order valence-corrected chi connectivity index (χ0v) is 14.0. The van der Waals surface area contributed by atoms with E-state index in [1.54, 1.807) is 11.3 Å². The van der Waals surface area contributed by atoms with E-state index in [9.17, 15) is 9.90 Å². The molecule has 0 radical (unpaired) electrons. The molecule has 0 saturated carbocycles. The molecule has 1 amide bonds. The van der Waals surface area contributed by atoms with Crippen LogP contribution in [0.5, 0.6) is 0 Å². The number of rotatable bonds is 5. The summed E-state index contributed by atoms with van der Waals surface area (Å²) >= 11 is 1.71. The van der Waals surface area contributed by atoms with Crippen LogP contribution in [0.25, 0.3) is 0 Å². The molecule has 1 fully saturated rings. The topological polar surface area (TPSA) is 40.5 Å². The highest BCUT2D eigenvalue weighted by molar-refractivity contribution is 7.09. The van der Waals surface area contributed by atoms with Gasteiger partial charge in [-0.3, -0.25) is 4.79 Å². The lowest BCUT2D eigenvalue weighted by molar-refractivity contribution is -0.133. The lowest BCUT2D eigenvalue weighted by atomic mass is 9.87. The minimum absolute atomic E-state index is 0.242. The van der Waals surface area contributed by atoms with Gasteiger partial charge in [-0.05, 0) is 42.2 Å². The number of aliphatic hydroxyl groups is 1. The number of nitrogens with zero attached hydrogens (tertiary/aromatic N) is 1. The second-order valence-corrected chi connectivity index (χ2v) is 7.19. The van der Waals surface area contributed by atoms with Crippen molar-refractivity contribution >= 4 is 17.2 Å². The van der Waals surface area contributed by atoms with E-state index in [1.165, 1.54) is 4.88 Å². The van der Waals surface area contributed by atoms with E-state index in [0.717, 1.165) is 37.9 Å². The minimum atomic E-state index is -0.417. The third kappa shape index (κ3) is 4.21. The summed E-state index contributed by atoms with van der Waals surface area (Å²) < 4.78 is 0. The summed E-state index contributed by atoms with van der Waals surface area (Å²) in [4.78, 5) is 15.5. The van der Waals surface area contributed by atoms with Crippen molar-refractivity contribution in [3.05, 3.63) is 58.3 Å². The molecular weight excluding hydrogens is 306 g/mol. The lowest BCUT2D eigenvalue weighted by Crippen LogP contribution is -2.39. The fourth-order valence-electron chi connectivity index (χ4n) is 3.23. The maximum Gasteiger partial charge on any atom is 0.222 e. The summed E-state index contributed by atoms with van der Waals surface area (Å²) in [6.07, 6.45) is 2.76. The molecule has 2 aromatic rings. The third-order valence-corrected chi connectivity index (χ3v) is 5.58. The number of hydrogen-bond donors (Lipinski definition) is 1. The fraction of sp³-hybridized carbons (Fsp3) is 0.421. The number of piperidine rings is 1. The second kappa shape index (κ2) is 7.75. The van der Waals surface area contributed by atoms with Crippen molar-refractivity contribution in [1.82, 2.24) is 4.90 Å². The Hall–Kier alpha value is -1.65. The van der Waals surface area contributed by atoms with Gasteiger partial charge < -0.3 is 10.0 Å². The molecule has 1 N–H and O–H groups in total. The number of thiophene rings is 1. The Bertz CT molecular complexity index is 604. The van der Waals surface area contributed by atoms with Gasteiger partial charge in [-0.2, -0.15) is 0 Å².